The first kappa shape index (κ1) is 17.9. The zero-order valence-corrected chi connectivity index (χ0v) is 13.7. The topological polar surface area (TPSA) is 67.4 Å². The highest BCUT2D eigenvalue weighted by Gasteiger charge is 2.12. The molecule has 0 aromatic heterocycles. The van der Waals surface area contributed by atoms with Crippen molar-refractivity contribution in [1.82, 2.24) is 10.0 Å². The van der Waals surface area contributed by atoms with Crippen molar-refractivity contribution in [1.29, 1.82) is 0 Å². The van der Waals surface area contributed by atoms with Crippen molar-refractivity contribution in [2.45, 2.75) is 37.5 Å². The third kappa shape index (κ3) is 6.93. The van der Waals surface area contributed by atoms with Crippen LogP contribution in [0.4, 0.5) is 0 Å². The second-order valence-corrected chi connectivity index (χ2v) is 6.65. The number of unbranched alkanes of at least 4 members (excludes halogenated alkanes) is 2. The molecule has 0 heterocycles. The number of ether oxygens (including phenoxy) is 1. The standard InChI is InChI=1S/C15H26N2O3S/c1-3-4-5-12-17-21(18,19)15-9-7-14(8-10-15)20-13-6-11-16-2/h7-10,16-17H,3-6,11-13H2,1-2H3. The van der Waals surface area contributed by atoms with Gasteiger partial charge in [0, 0.05) is 6.54 Å². The van der Waals surface area contributed by atoms with Crippen LogP contribution in [0.2, 0.25) is 0 Å². The molecule has 0 unspecified atom stereocenters. The summed E-state index contributed by atoms with van der Waals surface area (Å²) in [4.78, 5) is 0.279. The molecule has 5 nitrogen and oxygen atoms in total. The molecular weight excluding hydrogens is 288 g/mol. The van der Waals surface area contributed by atoms with Crippen LogP contribution in [0.15, 0.2) is 29.2 Å². The Hall–Kier alpha value is -1.11. The quantitative estimate of drug-likeness (QED) is 0.614. The van der Waals surface area contributed by atoms with Crippen LogP contribution < -0.4 is 14.8 Å². The van der Waals surface area contributed by atoms with Crippen LogP contribution in [0.1, 0.15) is 32.6 Å². The predicted octanol–water partition coefficient (Wildman–Crippen LogP) is 2.14. The van der Waals surface area contributed by atoms with E-state index in [1.165, 1.54) is 0 Å². The average molecular weight is 314 g/mol. The molecule has 0 amide bonds. The van der Waals surface area contributed by atoms with Crippen LogP contribution in [0.3, 0.4) is 0 Å². The number of nitrogens with one attached hydrogen (secondary N) is 2. The van der Waals surface area contributed by atoms with E-state index in [4.69, 9.17) is 4.74 Å². The predicted molar refractivity (Wildman–Crippen MR) is 85.2 cm³/mol. The van der Waals surface area contributed by atoms with Gasteiger partial charge in [-0.1, -0.05) is 19.8 Å². The Kier molecular flexibility index (Phi) is 8.34. The minimum Gasteiger partial charge on any atom is -0.494 e. The van der Waals surface area contributed by atoms with E-state index >= 15 is 0 Å². The Bertz CT molecular complexity index is 486. The highest BCUT2D eigenvalue weighted by Crippen LogP contribution is 2.16. The fraction of sp³-hybridized carbons (Fsp3) is 0.600. The summed E-state index contributed by atoms with van der Waals surface area (Å²) in [5.74, 6) is 0.691. The smallest absolute Gasteiger partial charge is 0.240 e. The van der Waals surface area contributed by atoms with E-state index in [2.05, 4.69) is 17.0 Å². The Labute approximate surface area is 128 Å². The van der Waals surface area contributed by atoms with Gasteiger partial charge in [-0.15, -0.1) is 0 Å². The van der Waals surface area contributed by atoms with Crippen molar-refractivity contribution in [3.05, 3.63) is 24.3 Å². The maximum atomic E-state index is 12.0. The lowest BCUT2D eigenvalue weighted by molar-refractivity contribution is 0.309. The molecule has 21 heavy (non-hydrogen) atoms. The molecule has 0 saturated heterocycles. The van der Waals surface area contributed by atoms with Crippen molar-refractivity contribution in [3.8, 4) is 5.75 Å². The number of benzene rings is 1. The second-order valence-electron chi connectivity index (χ2n) is 4.88. The van der Waals surface area contributed by atoms with Gasteiger partial charge in [-0.05, 0) is 50.7 Å². The molecule has 0 radical (unpaired) electrons. The number of hydrogen-bond donors (Lipinski definition) is 2. The maximum absolute atomic E-state index is 12.0. The summed E-state index contributed by atoms with van der Waals surface area (Å²) in [6.07, 6.45) is 3.88. The van der Waals surface area contributed by atoms with E-state index in [9.17, 15) is 8.42 Å². The van der Waals surface area contributed by atoms with Gasteiger partial charge in [0.15, 0.2) is 0 Å². The molecule has 6 heteroatoms. The zero-order chi connectivity index (χ0) is 15.6. The van der Waals surface area contributed by atoms with Crippen LogP contribution in [0, 0.1) is 0 Å². The summed E-state index contributed by atoms with van der Waals surface area (Å²) in [6.45, 7) is 4.08. The molecule has 1 aromatic carbocycles. The number of hydrogen-bond acceptors (Lipinski definition) is 4. The fourth-order valence-corrected chi connectivity index (χ4v) is 2.89. The van der Waals surface area contributed by atoms with Gasteiger partial charge in [0.2, 0.25) is 10.0 Å². The molecule has 0 aliphatic rings. The van der Waals surface area contributed by atoms with Gasteiger partial charge < -0.3 is 10.1 Å². The Morgan fingerprint density at radius 2 is 1.76 bits per heavy atom. The lowest BCUT2D eigenvalue weighted by Gasteiger charge is -2.09. The Balaban J connectivity index is 2.48. The summed E-state index contributed by atoms with van der Waals surface area (Å²) in [6, 6.07) is 6.55. The average Bonchev–Trinajstić information content (AvgIpc) is 2.49. The fourth-order valence-electron chi connectivity index (χ4n) is 1.82. The van der Waals surface area contributed by atoms with Crippen LogP contribution in [0.25, 0.3) is 0 Å². The molecule has 1 aromatic rings. The van der Waals surface area contributed by atoms with Gasteiger partial charge in [0.25, 0.3) is 0 Å². The van der Waals surface area contributed by atoms with E-state index in [0.717, 1.165) is 32.2 Å². The van der Waals surface area contributed by atoms with Gasteiger partial charge in [0.1, 0.15) is 5.75 Å². The van der Waals surface area contributed by atoms with Gasteiger partial charge in [0.05, 0.1) is 11.5 Å². The third-order valence-electron chi connectivity index (χ3n) is 3.05. The van der Waals surface area contributed by atoms with Gasteiger partial charge in [-0.25, -0.2) is 13.1 Å². The van der Waals surface area contributed by atoms with Crippen molar-refractivity contribution in [2.24, 2.45) is 0 Å². The van der Waals surface area contributed by atoms with Crippen molar-refractivity contribution in [2.75, 3.05) is 26.7 Å². The van der Waals surface area contributed by atoms with E-state index in [1.54, 1.807) is 24.3 Å². The summed E-state index contributed by atoms with van der Waals surface area (Å²) < 4.78 is 32.2. The van der Waals surface area contributed by atoms with Crippen LogP contribution in [-0.4, -0.2) is 35.2 Å². The molecule has 0 aliphatic carbocycles. The lowest BCUT2D eigenvalue weighted by atomic mass is 10.3. The monoisotopic (exact) mass is 314 g/mol. The summed E-state index contributed by atoms with van der Waals surface area (Å²) in [5.41, 5.74) is 0. The van der Waals surface area contributed by atoms with Crippen molar-refractivity contribution >= 4 is 10.0 Å². The molecule has 0 fully saturated rings. The van der Waals surface area contributed by atoms with Crippen LogP contribution >= 0.6 is 0 Å². The highest BCUT2D eigenvalue weighted by atomic mass is 32.2. The van der Waals surface area contributed by atoms with Gasteiger partial charge >= 0.3 is 0 Å². The summed E-state index contributed by atoms with van der Waals surface area (Å²) in [5, 5.41) is 3.04. The van der Waals surface area contributed by atoms with Crippen molar-refractivity contribution < 1.29 is 13.2 Å². The third-order valence-corrected chi connectivity index (χ3v) is 4.52. The van der Waals surface area contributed by atoms with E-state index in [-0.39, 0.29) is 4.90 Å². The first-order valence-electron chi connectivity index (χ1n) is 7.47. The molecule has 0 saturated carbocycles. The lowest BCUT2D eigenvalue weighted by Crippen LogP contribution is -2.24. The number of rotatable bonds is 11. The van der Waals surface area contributed by atoms with Crippen LogP contribution in [-0.2, 0) is 10.0 Å². The molecule has 0 atom stereocenters. The summed E-state index contributed by atoms with van der Waals surface area (Å²) in [7, 11) is -1.51. The molecule has 120 valence electrons. The van der Waals surface area contributed by atoms with Gasteiger partial charge in [-0.3, -0.25) is 0 Å². The molecule has 1 rings (SSSR count). The first-order chi connectivity index (χ1) is 10.1. The largest absolute Gasteiger partial charge is 0.494 e. The molecule has 0 aliphatic heterocycles. The highest BCUT2D eigenvalue weighted by molar-refractivity contribution is 7.89. The van der Waals surface area contributed by atoms with E-state index < -0.39 is 10.0 Å². The number of sulfonamides is 1. The first-order valence-corrected chi connectivity index (χ1v) is 8.95. The second kappa shape index (κ2) is 9.76. The summed E-state index contributed by atoms with van der Waals surface area (Å²) >= 11 is 0. The maximum Gasteiger partial charge on any atom is 0.240 e. The minimum absolute atomic E-state index is 0.279. The van der Waals surface area contributed by atoms with Gasteiger partial charge in [-0.2, -0.15) is 0 Å². The van der Waals surface area contributed by atoms with E-state index in [1.807, 2.05) is 7.05 Å². The normalized spacial score (nSPS) is 11.5. The Morgan fingerprint density at radius 3 is 2.38 bits per heavy atom. The van der Waals surface area contributed by atoms with Crippen molar-refractivity contribution in [3.63, 3.8) is 0 Å². The zero-order valence-electron chi connectivity index (χ0n) is 12.9. The minimum atomic E-state index is -3.40. The van der Waals surface area contributed by atoms with Crippen LogP contribution in [0.5, 0.6) is 5.75 Å². The molecule has 0 bridgehead atoms. The van der Waals surface area contributed by atoms with E-state index in [0.29, 0.717) is 18.9 Å². The SMILES string of the molecule is CCCCCNS(=O)(=O)c1ccc(OCCCNC)cc1. The molecule has 0 spiro atoms. The molecule has 2 N–H and O–H groups in total. The Morgan fingerprint density at radius 1 is 1.05 bits per heavy atom. The molecular formula is C15H26N2O3S.